The highest BCUT2D eigenvalue weighted by atomic mass is 32.2. The molecule has 0 saturated carbocycles. The van der Waals surface area contributed by atoms with Crippen molar-refractivity contribution in [3.63, 3.8) is 0 Å². The minimum Gasteiger partial charge on any atom is -0.381 e. The highest BCUT2D eigenvalue weighted by molar-refractivity contribution is 7.98. The minimum atomic E-state index is 0.646. The second-order valence-electron chi connectivity index (χ2n) is 4.68. The monoisotopic (exact) mass is 283 g/mol. The first-order valence-corrected chi connectivity index (χ1v) is 7.64. The zero-order chi connectivity index (χ0) is 13.7. The van der Waals surface area contributed by atoms with E-state index in [1.54, 1.807) is 0 Å². The lowest BCUT2D eigenvalue weighted by Gasteiger charge is -2.28. The fourth-order valence-electron chi connectivity index (χ4n) is 2.18. The van der Waals surface area contributed by atoms with Crippen LogP contribution in [0.25, 0.3) is 0 Å². The van der Waals surface area contributed by atoms with Gasteiger partial charge in [-0.2, -0.15) is 0 Å². The van der Waals surface area contributed by atoms with Crippen molar-refractivity contribution in [2.24, 2.45) is 11.8 Å². The lowest BCUT2D eigenvalue weighted by molar-refractivity contribution is 0.0685. The summed E-state index contributed by atoms with van der Waals surface area (Å²) in [6.45, 7) is 2.72. The van der Waals surface area contributed by atoms with Crippen molar-refractivity contribution >= 4 is 23.4 Å². The van der Waals surface area contributed by atoms with Crippen LogP contribution >= 0.6 is 11.8 Å². The van der Waals surface area contributed by atoms with Crippen LogP contribution in [-0.4, -0.2) is 43.0 Å². The van der Waals surface area contributed by atoms with Gasteiger partial charge in [-0.05, 0) is 25.0 Å². The maximum absolute atomic E-state index is 5.44. The molecule has 1 aliphatic rings. The molecule has 106 valence electrons. The number of ether oxygens (including phenoxy) is 1. The van der Waals surface area contributed by atoms with Gasteiger partial charge in [-0.25, -0.2) is 15.8 Å². The highest BCUT2D eigenvalue weighted by Gasteiger charge is 2.17. The first-order valence-electron chi connectivity index (χ1n) is 6.41. The molecule has 0 aromatic carbocycles. The number of thioether (sulfide) groups is 1. The second kappa shape index (κ2) is 6.93. The van der Waals surface area contributed by atoms with Crippen LogP contribution in [0.1, 0.15) is 12.8 Å². The number of nitrogen functional groups attached to an aromatic ring is 1. The van der Waals surface area contributed by atoms with Gasteiger partial charge in [0.05, 0.1) is 0 Å². The zero-order valence-electron chi connectivity index (χ0n) is 11.4. The molecule has 1 aliphatic heterocycles. The predicted octanol–water partition coefficient (Wildman–Crippen LogP) is 1.35. The van der Waals surface area contributed by atoms with Crippen LogP contribution in [0, 0.1) is 5.92 Å². The summed E-state index contributed by atoms with van der Waals surface area (Å²) in [5.41, 5.74) is 2.59. The number of aromatic nitrogens is 2. The Balaban J connectivity index is 2.06. The molecule has 1 aromatic heterocycles. The summed E-state index contributed by atoms with van der Waals surface area (Å²) in [7, 11) is 2.06. The van der Waals surface area contributed by atoms with Crippen LogP contribution in [-0.2, 0) is 4.74 Å². The molecule has 2 rings (SSSR count). The molecule has 1 fully saturated rings. The molecule has 0 aliphatic carbocycles. The van der Waals surface area contributed by atoms with Crippen molar-refractivity contribution in [1.82, 2.24) is 9.97 Å². The Morgan fingerprint density at radius 1 is 1.47 bits per heavy atom. The average molecular weight is 283 g/mol. The van der Waals surface area contributed by atoms with Crippen LogP contribution in [0.2, 0.25) is 0 Å². The van der Waals surface area contributed by atoms with Crippen molar-refractivity contribution < 1.29 is 4.74 Å². The van der Waals surface area contributed by atoms with E-state index in [0.717, 1.165) is 43.6 Å². The third kappa shape index (κ3) is 3.95. The van der Waals surface area contributed by atoms with E-state index in [2.05, 4.69) is 27.3 Å². The molecule has 0 spiro atoms. The quantitative estimate of drug-likeness (QED) is 0.365. The van der Waals surface area contributed by atoms with E-state index in [4.69, 9.17) is 10.6 Å². The molecule has 0 amide bonds. The SMILES string of the molecule is CSc1nc(NN)cc(N(C)CC2CCOCC2)n1. The van der Waals surface area contributed by atoms with E-state index in [-0.39, 0.29) is 0 Å². The normalized spacial score (nSPS) is 16.4. The molecule has 0 bridgehead atoms. The smallest absolute Gasteiger partial charge is 0.191 e. The van der Waals surface area contributed by atoms with Gasteiger partial charge in [0, 0.05) is 32.9 Å². The van der Waals surface area contributed by atoms with Crippen LogP contribution in [0.3, 0.4) is 0 Å². The standard InChI is InChI=1S/C12H21N5OS/c1-17(8-9-3-5-18-6-4-9)11-7-10(16-13)14-12(15-11)19-2/h7,9H,3-6,8,13H2,1-2H3,(H,14,15,16). The van der Waals surface area contributed by atoms with Crippen molar-refractivity contribution in [2.45, 2.75) is 18.0 Å². The first kappa shape index (κ1) is 14.4. The first-order chi connectivity index (χ1) is 9.22. The van der Waals surface area contributed by atoms with Crippen molar-refractivity contribution in [3.8, 4) is 0 Å². The molecule has 0 atom stereocenters. The maximum atomic E-state index is 5.44. The van der Waals surface area contributed by atoms with Crippen molar-refractivity contribution in [2.75, 3.05) is 43.4 Å². The van der Waals surface area contributed by atoms with Gasteiger partial charge in [0.15, 0.2) is 5.16 Å². The van der Waals surface area contributed by atoms with E-state index >= 15 is 0 Å². The summed E-state index contributed by atoms with van der Waals surface area (Å²) in [6.07, 6.45) is 4.19. The van der Waals surface area contributed by atoms with Gasteiger partial charge in [-0.1, -0.05) is 11.8 Å². The Kier molecular flexibility index (Phi) is 5.24. The summed E-state index contributed by atoms with van der Waals surface area (Å²) in [4.78, 5) is 10.9. The Morgan fingerprint density at radius 2 is 2.21 bits per heavy atom. The molecule has 0 unspecified atom stereocenters. The fourth-order valence-corrected chi connectivity index (χ4v) is 2.56. The molecule has 19 heavy (non-hydrogen) atoms. The Labute approximate surface area is 118 Å². The van der Waals surface area contributed by atoms with Gasteiger partial charge >= 0.3 is 0 Å². The molecule has 3 N–H and O–H groups in total. The second-order valence-corrected chi connectivity index (χ2v) is 5.45. The van der Waals surface area contributed by atoms with E-state index in [9.17, 15) is 0 Å². The Bertz CT molecular complexity index is 389. The summed E-state index contributed by atoms with van der Waals surface area (Å²) >= 11 is 1.51. The molecule has 1 aromatic rings. The van der Waals surface area contributed by atoms with Crippen LogP contribution < -0.4 is 16.2 Å². The van der Waals surface area contributed by atoms with Gasteiger partial charge in [0.25, 0.3) is 0 Å². The summed E-state index contributed by atoms with van der Waals surface area (Å²) in [5.74, 6) is 7.66. The predicted molar refractivity (Wildman–Crippen MR) is 78.4 cm³/mol. The third-order valence-corrected chi connectivity index (χ3v) is 3.83. The van der Waals surface area contributed by atoms with Gasteiger partial charge < -0.3 is 15.1 Å². The zero-order valence-corrected chi connectivity index (χ0v) is 12.2. The lowest BCUT2D eigenvalue weighted by Crippen LogP contribution is -2.30. The van der Waals surface area contributed by atoms with Crippen LogP contribution in [0.5, 0.6) is 0 Å². The number of anilines is 2. The molecule has 7 heteroatoms. The van der Waals surface area contributed by atoms with Gasteiger partial charge in [0.1, 0.15) is 11.6 Å². The fraction of sp³-hybridized carbons (Fsp3) is 0.667. The number of nitrogens with one attached hydrogen (secondary N) is 1. The number of hydrogen-bond donors (Lipinski definition) is 2. The van der Waals surface area contributed by atoms with E-state index in [0.29, 0.717) is 11.7 Å². The van der Waals surface area contributed by atoms with Gasteiger partial charge in [0.2, 0.25) is 0 Å². The average Bonchev–Trinajstić information content (AvgIpc) is 2.47. The number of rotatable bonds is 5. The Hall–Kier alpha value is -1.05. The van der Waals surface area contributed by atoms with E-state index in [1.165, 1.54) is 11.8 Å². The number of nitrogens with two attached hydrogens (primary N) is 1. The lowest BCUT2D eigenvalue weighted by atomic mass is 10.00. The maximum Gasteiger partial charge on any atom is 0.191 e. The van der Waals surface area contributed by atoms with Crippen molar-refractivity contribution in [3.05, 3.63) is 6.07 Å². The van der Waals surface area contributed by atoms with E-state index < -0.39 is 0 Å². The molecular formula is C12H21N5OS. The molecule has 2 heterocycles. The molecule has 0 radical (unpaired) electrons. The summed E-state index contributed by atoms with van der Waals surface area (Å²) in [6, 6.07) is 1.87. The minimum absolute atomic E-state index is 0.646. The van der Waals surface area contributed by atoms with Crippen LogP contribution in [0.4, 0.5) is 11.6 Å². The molecular weight excluding hydrogens is 262 g/mol. The van der Waals surface area contributed by atoms with Crippen molar-refractivity contribution in [1.29, 1.82) is 0 Å². The number of hydrazine groups is 1. The molecule has 1 saturated heterocycles. The molecule has 6 nitrogen and oxygen atoms in total. The van der Waals surface area contributed by atoms with Crippen LogP contribution in [0.15, 0.2) is 11.2 Å². The summed E-state index contributed by atoms with van der Waals surface area (Å²) < 4.78 is 5.39. The largest absolute Gasteiger partial charge is 0.381 e. The topological polar surface area (TPSA) is 76.3 Å². The highest BCUT2D eigenvalue weighted by Crippen LogP contribution is 2.22. The van der Waals surface area contributed by atoms with Gasteiger partial charge in [-0.15, -0.1) is 0 Å². The number of hydrogen-bond acceptors (Lipinski definition) is 7. The van der Waals surface area contributed by atoms with Gasteiger partial charge in [-0.3, -0.25) is 0 Å². The summed E-state index contributed by atoms with van der Waals surface area (Å²) in [5, 5.41) is 0.726. The number of nitrogens with zero attached hydrogens (tertiary/aromatic N) is 3. The third-order valence-electron chi connectivity index (χ3n) is 3.29. The Morgan fingerprint density at radius 3 is 2.84 bits per heavy atom. The van der Waals surface area contributed by atoms with E-state index in [1.807, 2.05) is 12.3 Å².